The fourth-order valence-corrected chi connectivity index (χ4v) is 2.93. The predicted molar refractivity (Wildman–Crippen MR) is 110 cm³/mol. The van der Waals surface area contributed by atoms with E-state index in [0.717, 1.165) is 27.9 Å². The van der Waals surface area contributed by atoms with E-state index in [2.05, 4.69) is 16.0 Å². The van der Waals surface area contributed by atoms with Crippen molar-refractivity contribution in [1.82, 2.24) is 10.6 Å². The van der Waals surface area contributed by atoms with Gasteiger partial charge in [-0.2, -0.15) is 0 Å². The van der Waals surface area contributed by atoms with Crippen LogP contribution in [0.4, 0.5) is 5.69 Å². The third kappa shape index (κ3) is 6.23. The molecule has 0 radical (unpaired) electrons. The van der Waals surface area contributed by atoms with Gasteiger partial charge in [-0.15, -0.1) is 0 Å². The van der Waals surface area contributed by atoms with E-state index in [1.165, 1.54) is 6.92 Å². The van der Waals surface area contributed by atoms with Crippen LogP contribution in [0, 0.1) is 20.8 Å². The number of benzene rings is 2. The molecule has 0 heterocycles. The van der Waals surface area contributed by atoms with Gasteiger partial charge in [-0.05, 0) is 37.5 Å². The maximum absolute atomic E-state index is 12.3. The molecule has 2 aromatic carbocycles. The molecule has 0 saturated carbocycles. The van der Waals surface area contributed by atoms with E-state index in [9.17, 15) is 14.4 Å². The van der Waals surface area contributed by atoms with Crippen LogP contribution < -0.4 is 16.0 Å². The topological polar surface area (TPSA) is 87.3 Å². The standard InChI is InChI=1S/C22H27N3O3/c1-14-8-10-18(11-9-14)19(24-17(4)26)12-20(27)23-13-21(28)25-22-15(2)6-5-7-16(22)3/h5-11,19H,12-13H2,1-4H3,(H,23,27)(H,24,26)(H,25,28). The smallest absolute Gasteiger partial charge is 0.243 e. The van der Waals surface area contributed by atoms with Crippen molar-refractivity contribution in [2.24, 2.45) is 0 Å². The van der Waals surface area contributed by atoms with Crippen molar-refractivity contribution in [2.75, 3.05) is 11.9 Å². The quantitative estimate of drug-likeness (QED) is 0.689. The molecule has 148 valence electrons. The van der Waals surface area contributed by atoms with E-state index >= 15 is 0 Å². The van der Waals surface area contributed by atoms with Gasteiger partial charge >= 0.3 is 0 Å². The van der Waals surface area contributed by atoms with Crippen molar-refractivity contribution in [3.63, 3.8) is 0 Å². The minimum absolute atomic E-state index is 0.0549. The van der Waals surface area contributed by atoms with Gasteiger partial charge in [0.1, 0.15) is 0 Å². The Bertz CT molecular complexity index is 840. The van der Waals surface area contributed by atoms with E-state index in [0.29, 0.717) is 0 Å². The Morgan fingerprint density at radius 3 is 2.07 bits per heavy atom. The molecule has 0 saturated heterocycles. The van der Waals surface area contributed by atoms with Gasteiger partial charge in [0.25, 0.3) is 0 Å². The van der Waals surface area contributed by atoms with Crippen LogP contribution in [0.2, 0.25) is 0 Å². The molecule has 3 N–H and O–H groups in total. The minimum atomic E-state index is -0.445. The highest BCUT2D eigenvalue weighted by Gasteiger charge is 2.18. The number of rotatable bonds is 7. The first-order valence-corrected chi connectivity index (χ1v) is 9.22. The van der Waals surface area contributed by atoms with Crippen LogP contribution in [0.15, 0.2) is 42.5 Å². The van der Waals surface area contributed by atoms with Crippen LogP contribution in [-0.2, 0) is 14.4 Å². The summed E-state index contributed by atoms with van der Waals surface area (Å²) in [5.41, 5.74) is 4.63. The second kappa shape index (κ2) is 9.69. The first-order valence-electron chi connectivity index (χ1n) is 9.22. The van der Waals surface area contributed by atoms with Gasteiger partial charge in [0, 0.05) is 12.6 Å². The van der Waals surface area contributed by atoms with E-state index < -0.39 is 6.04 Å². The third-order valence-corrected chi connectivity index (χ3v) is 4.44. The molecule has 0 aliphatic heterocycles. The fourth-order valence-electron chi connectivity index (χ4n) is 2.93. The number of carbonyl (C=O) groups is 3. The van der Waals surface area contributed by atoms with Crippen molar-refractivity contribution in [3.8, 4) is 0 Å². The summed E-state index contributed by atoms with van der Waals surface area (Å²) in [5.74, 6) is -0.820. The highest BCUT2D eigenvalue weighted by Crippen LogP contribution is 2.19. The second-order valence-electron chi connectivity index (χ2n) is 6.96. The third-order valence-electron chi connectivity index (χ3n) is 4.44. The summed E-state index contributed by atoms with van der Waals surface area (Å²) >= 11 is 0. The van der Waals surface area contributed by atoms with Crippen molar-refractivity contribution in [3.05, 3.63) is 64.7 Å². The Kier molecular flexibility index (Phi) is 7.32. The van der Waals surface area contributed by atoms with Crippen LogP contribution in [0.1, 0.15) is 41.6 Å². The maximum atomic E-state index is 12.3. The molecule has 1 unspecified atom stereocenters. The number of anilines is 1. The fraction of sp³-hybridized carbons (Fsp3) is 0.318. The van der Waals surface area contributed by atoms with E-state index in [1.54, 1.807) is 0 Å². The van der Waals surface area contributed by atoms with Gasteiger partial charge in [-0.3, -0.25) is 14.4 Å². The van der Waals surface area contributed by atoms with Crippen LogP contribution in [0.3, 0.4) is 0 Å². The van der Waals surface area contributed by atoms with Crippen molar-refractivity contribution in [2.45, 2.75) is 40.2 Å². The normalized spacial score (nSPS) is 11.4. The highest BCUT2D eigenvalue weighted by atomic mass is 16.2. The Balaban J connectivity index is 1.94. The molecular weight excluding hydrogens is 354 g/mol. The Hall–Kier alpha value is -3.15. The Morgan fingerprint density at radius 1 is 0.893 bits per heavy atom. The molecule has 0 aliphatic carbocycles. The molecular formula is C22H27N3O3. The molecule has 0 spiro atoms. The van der Waals surface area contributed by atoms with E-state index in [4.69, 9.17) is 0 Å². The molecule has 0 aromatic heterocycles. The lowest BCUT2D eigenvalue weighted by atomic mass is 10.0. The maximum Gasteiger partial charge on any atom is 0.243 e. The lowest BCUT2D eigenvalue weighted by Gasteiger charge is -2.18. The average Bonchev–Trinajstić information content (AvgIpc) is 2.63. The van der Waals surface area contributed by atoms with Crippen molar-refractivity contribution < 1.29 is 14.4 Å². The van der Waals surface area contributed by atoms with Crippen LogP contribution in [0.5, 0.6) is 0 Å². The monoisotopic (exact) mass is 381 g/mol. The van der Waals surface area contributed by atoms with Crippen molar-refractivity contribution >= 4 is 23.4 Å². The van der Waals surface area contributed by atoms with E-state index in [1.807, 2.05) is 63.2 Å². The number of hydrogen-bond donors (Lipinski definition) is 3. The van der Waals surface area contributed by atoms with Gasteiger partial charge in [-0.25, -0.2) is 0 Å². The number of amides is 3. The summed E-state index contributed by atoms with van der Waals surface area (Å²) < 4.78 is 0. The molecule has 2 rings (SSSR count). The lowest BCUT2D eigenvalue weighted by Crippen LogP contribution is -2.36. The zero-order chi connectivity index (χ0) is 20.7. The number of hydrogen-bond acceptors (Lipinski definition) is 3. The molecule has 0 aliphatic rings. The van der Waals surface area contributed by atoms with Gasteiger partial charge in [-0.1, -0.05) is 48.0 Å². The summed E-state index contributed by atoms with van der Waals surface area (Å²) in [6, 6.07) is 12.9. The second-order valence-corrected chi connectivity index (χ2v) is 6.96. The van der Waals surface area contributed by atoms with Gasteiger partial charge in [0.05, 0.1) is 19.0 Å². The number of aryl methyl sites for hydroxylation is 3. The molecule has 6 heteroatoms. The van der Waals surface area contributed by atoms with Crippen LogP contribution >= 0.6 is 0 Å². The predicted octanol–water partition coefficient (Wildman–Crippen LogP) is 2.93. The summed E-state index contributed by atoms with van der Waals surface area (Å²) in [7, 11) is 0. The van der Waals surface area contributed by atoms with Gasteiger partial charge in [0.15, 0.2) is 0 Å². The molecule has 0 bridgehead atoms. The summed E-state index contributed by atoms with van der Waals surface area (Å²) in [6.45, 7) is 7.09. The van der Waals surface area contributed by atoms with Gasteiger partial charge in [0.2, 0.25) is 17.7 Å². The lowest BCUT2D eigenvalue weighted by molar-refractivity contribution is -0.125. The molecule has 0 fully saturated rings. The summed E-state index contributed by atoms with van der Waals surface area (Å²) in [5, 5.41) is 8.25. The average molecular weight is 381 g/mol. The molecule has 28 heavy (non-hydrogen) atoms. The molecule has 6 nitrogen and oxygen atoms in total. The molecule has 1 atom stereocenters. The highest BCUT2D eigenvalue weighted by molar-refractivity contribution is 5.95. The van der Waals surface area contributed by atoms with Crippen LogP contribution in [-0.4, -0.2) is 24.3 Å². The first-order chi connectivity index (χ1) is 13.3. The summed E-state index contributed by atoms with van der Waals surface area (Å²) in [4.78, 5) is 36.0. The minimum Gasteiger partial charge on any atom is -0.349 e. The van der Waals surface area contributed by atoms with E-state index in [-0.39, 0.29) is 30.7 Å². The zero-order valence-corrected chi connectivity index (χ0v) is 16.8. The number of nitrogens with one attached hydrogen (secondary N) is 3. The Morgan fingerprint density at radius 2 is 1.50 bits per heavy atom. The first kappa shape index (κ1) is 21.2. The zero-order valence-electron chi connectivity index (χ0n) is 16.8. The van der Waals surface area contributed by atoms with Crippen molar-refractivity contribution in [1.29, 1.82) is 0 Å². The SMILES string of the molecule is CC(=O)NC(CC(=O)NCC(=O)Nc1c(C)cccc1C)c1ccc(C)cc1. The van der Waals surface area contributed by atoms with Gasteiger partial charge < -0.3 is 16.0 Å². The number of para-hydroxylation sites is 1. The molecule has 3 amide bonds. The number of carbonyl (C=O) groups excluding carboxylic acids is 3. The Labute approximate surface area is 165 Å². The van der Waals surface area contributed by atoms with Crippen LogP contribution in [0.25, 0.3) is 0 Å². The molecule has 2 aromatic rings. The summed E-state index contributed by atoms with van der Waals surface area (Å²) in [6.07, 6.45) is 0.0549. The largest absolute Gasteiger partial charge is 0.349 e.